The van der Waals surface area contributed by atoms with Gasteiger partial charge >= 0.3 is 6.03 Å². The van der Waals surface area contributed by atoms with Crippen LogP contribution in [0.1, 0.15) is 43.2 Å². The molecular formula is C24H28N4O2. The maximum atomic E-state index is 13.7. The number of aryl methyl sites for hydroxylation is 1. The van der Waals surface area contributed by atoms with Crippen LogP contribution in [0.4, 0.5) is 16.2 Å². The number of rotatable bonds is 3. The first-order valence-electron chi connectivity index (χ1n) is 10.6. The van der Waals surface area contributed by atoms with Gasteiger partial charge in [0.15, 0.2) is 0 Å². The van der Waals surface area contributed by atoms with Crippen LogP contribution >= 0.6 is 0 Å². The number of amides is 3. The van der Waals surface area contributed by atoms with Gasteiger partial charge in [0.05, 0.1) is 5.69 Å². The summed E-state index contributed by atoms with van der Waals surface area (Å²) in [5, 5.41) is 5.86. The Morgan fingerprint density at radius 1 is 1.10 bits per heavy atom. The quantitative estimate of drug-likeness (QED) is 0.791. The van der Waals surface area contributed by atoms with Crippen LogP contribution in [0.2, 0.25) is 0 Å². The molecule has 0 radical (unpaired) electrons. The number of nitrogens with zero attached hydrogens (tertiary/aromatic N) is 2. The number of para-hydroxylation sites is 1. The van der Waals surface area contributed by atoms with Crippen molar-refractivity contribution in [2.24, 2.45) is 10.9 Å². The number of benzene rings is 2. The van der Waals surface area contributed by atoms with E-state index in [2.05, 4.69) is 10.6 Å². The normalized spacial score (nSPS) is 21.7. The Labute approximate surface area is 177 Å². The molecule has 6 nitrogen and oxygen atoms in total. The number of anilines is 2. The molecule has 2 aromatic carbocycles. The minimum absolute atomic E-state index is 0.0463. The number of benzodiazepines with no additional fused rings is 1. The lowest BCUT2D eigenvalue weighted by molar-refractivity contribution is -0.126. The molecule has 1 atom stereocenters. The molecule has 6 heteroatoms. The van der Waals surface area contributed by atoms with Gasteiger partial charge < -0.3 is 15.5 Å². The Bertz CT molecular complexity index is 981. The van der Waals surface area contributed by atoms with E-state index < -0.39 is 11.7 Å². The minimum atomic E-state index is -1.32. The van der Waals surface area contributed by atoms with Crippen molar-refractivity contribution in [3.05, 3.63) is 59.7 Å². The molecule has 0 spiro atoms. The Kier molecular flexibility index (Phi) is 5.57. The van der Waals surface area contributed by atoms with Crippen molar-refractivity contribution in [2.75, 3.05) is 17.3 Å². The molecule has 156 valence electrons. The van der Waals surface area contributed by atoms with E-state index in [0.29, 0.717) is 5.69 Å². The second-order valence-corrected chi connectivity index (χ2v) is 8.23. The molecule has 0 aromatic heterocycles. The third-order valence-corrected chi connectivity index (χ3v) is 6.11. The van der Waals surface area contributed by atoms with E-state index in [1.54, 1.807) is 18.2 Å². The van der Waals surface area contributed by atoms with Crippen LogP contribution in [0.15, 0.2) is 53.5 Å². The standard InChI is InChI=1S/C24H28N4O2/c1-17-9-8-13-20(15-17)26-23(30)27-24(19-11-4-3-5-12-19)22(29)28(2)21-14-7-6-10-18(21)16-25-24/h6-10,13-16,19H,3-5,11-12H2,1-2H3,(H2,26,27,30). The summed E-state index contributed by atoms with van der Waals surface area (Å²) in [5.74, 6) is -0.245. The fourth-order valence-electron chi connectivity index (χ4n) is 4.54. The van der Waals surface area contributed by atoms with E-state index >= 15 is 0 Å². The fraction of sp³-hybridized carbons (Fsp3) is 0.375. The van der Waals surface area contributed by atoms with Crippen molar-refractivity contribution in [1.29, 1.82) is 0 Å². The molecule has 2 aliphatic rings. The van der Waals surface area contributed by atoms with Gasteiger partial charge in [-0.1, -0.05) is 49.6 Å². The Morgan fingerprint density at radius 2 is 1.87 bits per heavy atom. The van der Waals surface area contributed by atoms with E-state index in [9.17, 15) is 9.59 Å². The van der Waals surface area contributed by atoms with Crippen LogP contribution in [0, 0.1) is 12.8 Å². The Morgan fingerprint density at radius 3 is 2.63 bits per heavy atom. The third kappa shape index (κ3) is 3.82. The summed E-state index contributed by atoms with van der Waals surface area (Å²) >= 11 is 0. The number of nitrogens with one attached hydrogen (secondary N) is 2. The number of likely N-dealkylation sites (N-methyl/N-ethyl adjacent to an activating group) is 1. The summed E-state index contributed by atoms with van der Waals surface area (Å²) < 4.78 is 0. The van der Waals surface area contributed by atoms with E-state index in [-0.39, 0.29) is 11.8 Å². The number of fused-ring (bicyclic) bond motifs is 1. The highest BCUT2D eigenvalue weighted by Crippen LogP contribution is 2.37. The highest BCUT2D eigenvalue weighted by molar-refractivity contribution is 6.09. The van der Waals surface area contributed by atoms with Gasteiger partial charge in [-0.25, -0.2) is 4.79 Å². The SMILES string of the molecule is Cc1cccc(NC(=O)NC2(C3CCCCC3)N=Cc3ccccc3N(C)C2=O)c1. The zero-order valence-corrected chi connectivity index (χ0v) is 17.5. The van der Waals surface area contributed by atoms with E-state index in [1.165, 1.54) is 0 Å². The number of hydrogen-bond donors (Lipinski definition) is 2. The molecule has 4 rings (SSSR count). The molecule has 1 unspecified atom stereocenters. The first-order chi connectivity index (χ1) is 14.5. The molecule has 1 aliphatic carbocycles. The molecule has 1 aliphatic heterocycles. The lowest BCUT2D eigenvalue weighted by Crippen LogP contribution is -2.63. The summed E-state index contributed by atoms with van der Waals surface area (Å²) in [5.41, 5.74) is 2.08. The number of urea groups is 1. The smallest absolute Gasteiger partial charge is 0.311 e. The summed E-state index contributed by atoms with van der Waals surface area (Å²) in [6.07, 6.45) is 6.67. The average molecular weight is 405 g/mol. The van der Waals surface area contributed by atoms with Crippen molar-refractivity contribution in [2.45, 2.75) is 44.7 Å². The third-order valence-electron chi connectivity index (χ3n) is 6.11. The van der Waals surface area contributed by atoms with Gasteiger partial charge in [-0.2, -0.15) is 0 Å². The molecule has 30 heavy (non-hydrogen) atoms. The zero-order valence-electron chi connectivity index (χ0n) is 17.5. The zero-order chi connectivity index (χ0) is 21.1. The van der Waals surface area contributed by atoms with Crippen LogP contribution in [0.3, 0.4) is 0 Å². The minimum Gasteiger partial charge on any atom is -0.311 e. The summed E-state index contributed by atoms with van der Waals surface area (Å²) in [7, 11) is 1.76. The molecule has 0 saturated heterocycles. The van der Waals surface area contributed by atoms with Gasteiger partial charge in [0, 0.05) is 30.4 Å². The van der Waals surface area contributed by atoms with Gasteiger partial charge in [-0.15, -0.1) is 0 Å². The van der Waals surface area contributed by atoms with E-state index in [1.807, 2.05) is 55.5 Å². The largest absolute Gasteiger partial charge is 0.321 e. The van der Waals surface area contributed by atoms with Crippen molar-refractivity contribution in [1.82, 2.24) is 5.32 Å². The molecule has 1 saturated carbocycles. The van der Waals surface area contributed by atoms with Crippen LogP contribution < -0.4 is 15.5 Å². The summed E-state index contributed by atoms with van der Waals surface area (Å²) in [6, 6.07) is 14.8. The molecule has 1 heterocycles. The molecular weight excluding hydrogens is 376 g/mol. The Hall–Kier alpha value is -3.15. The number of carbonyl (C=O) groups excluding carboxylic acids is 2. The average Bonchev–Trinajstić information content (AvgIpc) is 2.86. The lowest BCUT2D eigenvalue weighted by Gasteiger charge is -2.40. The first kappa shape index (κ1) is 20.1. The maximum Gasteiger partial charge on any atom is 0.321 e. The molecule has 3 amide bonds. The molecule has 1 fully saturated rings. The second kappa shape index (κ2) is 8.30. The predicted molar refractivity (Wildman–Crippen MR) is 120 cm³/mol. The van der Waals surface area contributed by atoms with Crippen LogP contribution in [0.25, 0.3) is 0 Å². The van der Waals surface area contributed by atoms with Crippen LogP contribution in [0.5, 0.6) is 0 Å². The topological polar surface area (TPSA) is 73.8 Å². The number of hydrogen-bond acceptors (Lipinski definition) is 3. The molecule has 0 bridgehead atoms. The lowest BCUT2D eigenvalue weighted by atomic mass is 9.79. The maximum absolute atomic E-state index is 13.7. The first-order valence-corrected chi connectivity index (χ1v) is 10.6. The summed E-state index contributed by atoms with van der Waals surface area (Å²) in [6.45, 7) is 1.97. The highest BCUT2D eigenvalue weighted by Gasteiger charge is 2.49. The number of aliphatic imine (C=N–C) groups is 1. The summed E-state index contributed by atoms with van der Waals surface area (Å²) in [4.78, 5) is 33.1. The highest BCUT2D eigenvalue weighted by atomic mass is 16.2. The van der Waals surface area contributed by atoms with Gasteiger partial charge in [0.1, 0.15) is 0 Å². The van der Waals surface area contributed by atoms with Gasteiger partial charge in [-0.3, -0.25) is 9.79 Å². The van der Waals surface area contributed by atoms with Crippen molar-refractivity contribution in [3.8, 4) is 0 Å². The van der Waals surface area contributed by atoms with Crippen molar-refractivity contribution in [3.63, 3.8) is 0 Å². The Balaban J connectivity index is 1.69. The fourth-order valence-corrected chi connectivity index (χ4v) is 4.54. The van der Waals surface area contributed by atoms with Gasteiger partial charge in [0.25, 0.3) is 5.91 Å². The van der Waals surface area contributed by atoms with Crippen molar-refractivity contribution < 1.29 is 9.59 Å². The van der Waals surface area contributed by atoms with Crippen LogP contribution in [-0.2, 0) is 4.79 Å². The van der Waals surface area contributed by atoms with Gasteiger partial charge in [-0.05, 0) is 43.5 Å². The molecule has 2 N–H and O–H groups in total. The predicted octanol–water partition coefficient (Wildman–Crippen LogP) is 4.49. The monoisotopic (exact) mass is 404 g/mol. The van der Waals surface area contributed by atoms with Gasteiger partial charge in [0.2, 0.25) is 5.66 Å². The molecule has 2 aromatic rings. The van der Waals surface area contributed by atoms with E-state index in [4.69, 9.17) is 4.99 Å². The van der Waals surface area contributed by atoms with Crippen LogP contribution in [-0.4, -0.2) is 30.9 Å². The van der Waals surface area contributed by atoms with Crippen molar-refractivity contribution >= 4 is 29.5 Å². The second-order valence-electron chi connectivity index (χ2n) is 8.23. The van der Waals surface area contributed by atoms with E-state index in [0.717, 1.165) is 48.9 Å². The number of carbonyl (C=O) groups is 2.